The fourth-order valence-electron chi connectivity index (χ4n) is 2.60. The molecule has 0 bridgehead atoms. The molecule has 0 atom stereocenters. The molecule has 3 heterocycles. The number of rotatable bonds is 5. The van der Waals surface area contributed by atoms with Crippen LogP contribution in [0.3, 0.4) is 0 Å². The van der Waals surface area contributed by atoms with E-state index in [1.807, 2.05) is 22.5 Å². The molecule has 1 fully saturated rings. The van der Waals surface area contributed by atoms with Crippen molar-refractivity contribution in [2.24, 2.45) is 0 Å². The Hall–Kier alpha value is -2.02. The zero-order chi connectivity index (χ0) is 14.7. The highest BCUT2D eigenvalue weighted by Gasteiger charge is 2.19. The van der Waals surface area contributed by atoms with E-state index in [1.54, 1.807) is 12.4 Å². The first-order valence-corrected chi connectivity index (χ1v) is 7.43. The van der Waals surface area contributed by atoms with Crippen molar-refractivity contribution in [2.45, 2.75) is 38.8 Å². The van der Waals surface area contributed by atoms with E-state index in [-0.39, 0.29) is 5.78 Å². The molecule has 1 aliphatic heterocycles. The Morgan fingerprint density at radius 1 is 1.38 bits per heavy atom. The molecule has 2 aromatic rings. The number of aryl methyl sites for hydroxylation is 1. The highest BCUT2D eigenvalue weighted by Crippen LogP contribution is 2.17. The Balaban J connectivity index is 1.66. The molecular weight excluding hydrogens is 268 g/mol. The van der Waals surface area contributed by atoms with Gasteiger partial charge >= 0.3 is 0 Å². The van der Waals surface area contributed by atoms with Crippen molar-refractivity contribution in [3.63, 3.8) is 0 Å². The van der Waals surface area contributed by atoms with Gasteiger partial charge in [-0.15, -0.1) is 5.10 Å². The lowest BCUT2D eigenvalue weighted by molar-refractivity contribution is 0.0988. The van der Waals surface area contributed by atoms with E-state index in [4.69, 9.17) is 0 Å². The molecule has 0 saturated carbocycles. The first-order valence-electron chi connectivity index (χ1n) is 7.43. The smallest absolute Gasteiger partial charge is 0.189 e. The molecular formula is C14H20N6O. The van der Waals surface area contributed by atoms with Crippen molar-refractivity contribution in [2.75, 3.05) is 13.1 Å². The van der Waals surface area contributed by atoms with E-state index < -0.39 is 0 Å². The topological polar surface area (TPSA) is 77.6 Å². The predicted molar refractivity (Wildman–Crippen MR) is 77.1 cm³/mol. The monoisotopic (exact) mass is 288 g/mol. The van der Waals surface area contributed by atoms with E-state index in [0.29, 0.717) is 18.2 Å². The van der Waals surface area contributed by atoms with Crippen molar-refractivity contribution in [3.05, 3.63) is 29.8 Å². The first-order chi connectivity index (χ1) is 10.3. The highest BCUT2D eigenvalue weighted by molar-refractivity contribution is 5.95. The molecule has 112 valence electrons. The zero-order valence-electron chi connectivity index (χ0n) is 12.2. The summed E-state index contributed by atoms with van der Waals surface area (Å²) in [5.41, 5.74) is 1.36. The quantitative estimate of drug-likeness (QED) is 0.825. The number of ketones is 1. The molecule has 0 radical (unpaired) electrons. The van der Waals surface area contributed by atoms with Crippen molar-refractivity contribution in [1.29, 1.82) is 0 Å². The number of nitrogens with one attached hydrogen (secondary N) is 1. The standard InChI is InChI=1S/C14H20N6O/c1-2-19-9-11(8-16-19)7-14(21)13-10-20(18-17-13)12-3-5-15-6-4-12/h8-10,12,15H,2-7H2,1H3. The van der Waals surface area contributed by atoms with E-state index in [1.165, 1.54) is 0 Å². The molecule has 0 aromatic carbocycles. The van der Waals surface area contributed by atoms with E-state index in [0.717, 1.165) is 38.0 Å². The number of hydrogen-bond donors (Lipinski definition) is 1. The minimum atomic E-state index is -0.00848. The van der Waals surface area contributed by atoms with Crippen LogP contribution in [0.15, 0.2) is 18.6 Å². The Morgan fingerprint density at radius 3 is 2.90 bits per heavy atom. The van der Waals surface area contributed by atoms with Crippen LogP contribution in [0.1, 0.15) is 41.9 Å². The van der Waals surface area contributed by atoms with E-state index in [2.05, 4.69) is 20.7 Å². The molecule has 1 saturated heterocycles. The summed E-state index contributed by atoms with van der Waals surface area (Å²) in [6.07, 6.45) is 7.79. The zero-order valence-corrected chi connectivity index (χ0v) is 12.2. The Bertz CT molecular complexity index is 611. The molecule has 0 unspecified atom stereocenters. The minimum Gasteiger partial charge on any atom is -0.317 e. The SMILES string of the molecule is CCn1cc(CC(=O)c2cn(C3CCNCC3)nn2)cn1. The van der Waals surface area contributed by atoms with Gasteiger partial charge in [-0.05, 0) is 38.4 Å². The molecule has 2 aromatic heterocycles. The van der Waals surface area contributed by atoms with Gasteiger partial charge in [0.25, 0.3) is 0 Å². The van der Waals surface area contributed by atoms with Gasteiger partial charge in [0, 0.05) is 19.2 Å². The maximum Gasteiger partial charge on any atom is 0.189 e. The number of Topliss-reactive ketones (excluding diaryl/α,β-unsaturated/α-hetero) is 1. The van der Waals surface area contributed by atoms with Gasteiger partial charge in [0.2, 0.25) is 0 Å². The molecule has 1 aliphatic rings. The fraction of sp³-hybridized carbons (Fsp3) is 0.571. The number of aromatic nitrogens is 5. The Kier molecular flexibility index (Phi) is 4.10. The van der Waals surface area contributed by atoms with Crippen molar-refractivity contribution < 1.29 is 4.79 Å². The molecule has 0 amide bonds. The minimum absolute atomic E-state index is 0.00848. The molecule has 7 nitrogen and oxygen atoms in total. The van der Waals surface area contributed by atoms with Crippen LogP contribution < -0.4 is 5.32 Å². The maximum absolute atomic E-state index is 12.2. The van der Waals surface area contributed by atoms with Crippen LogP contribution in [-0.2, 0) is 13.0 Å². The van der Waals surface area contributed by atoms with Crippen LogP contribution in [0.25, 0.3) is 0 Å². The first kappa shape index (κ1) is 13.9. The molecule has 7 heteroatoms. The van der Waals surface area contributed by atoms with Gasteiger partial charge in [0.15, 0.2) is 5.78 Å². The summed E-state index contributed by atoms with van der Waals surface area (Å²) in [7, 11) is 0. The summed E-state index contributed by atoms with van der Waals surface area (Å²) in [5.74, 6) is -0.00848. The third-order valence-corrected chi connectivity index (χ3v) is 3.85. The molecule has 21 heavy (non-hydrogen) atoms. The van der Waals surface area contributed by atoms with E-state index >= 15 is 0 Å². The third-order valence-electron chi connectivity index (χ3n) is 3.85. The number of carbonyl (C=O) groups is 1. The normalized spacial score (nSPS) is 16.2. The van der Waals surface area contributed by atoms with Crippen LogP contribution in [0, 0.1) is 0 Å². The second-order valence-electron chi connectivity index (χ2n) is 5.37. The van der Waals surface area contributed by atoms with Gasteiger partial charge < -0.3 is 5.32 Å². The molecule has 3 rings (SSSR count). The van der Waals surface area contributed by atoms with Gasteiger partial charge in [-0.2, -0.15) is 5.10 Å². The molecule has 0 spiro atoms. The van der Waals surface area contributed by atoms with E-state index in [9.17, 15) is 4.79 Å². The van der Waals surface area contributed by atoms with Crippen molar-refractivity contribution >= 4 is 5.78 Å². The van der Waals surface area contributed by atoms with Gasteiger partial charge in [-0.1, -0.05) is 5.21 Å². The van der Waals surface area contributed by atoms with Gasteiger partial charge in [0.1, 0.15) is 5.69 Å². The summed E-state index contributed by atoms with van der Waals surface area (Å²) in [4.78, 5) is 12.2. The Labute approximate surface area is 123 Å². The lowest BCUT2D eigenvalue weighted by atomic mass is 10.1. The van der Waals surface area contributed by atoms with Gasteiger partial charge in [-0.25, -0.2) is 4.68 Å². The fourth-order valence-corrected chi connectivity index (χ4v) is 2.60. The predicted octanol–water partition coefficient (Wildman–Crippen LogP) is 0.844. The second-order valence-corrected chi connectivity index (χ2v) is 5.37. The highest BCUT2D eigenvalue weighted by atomic mass is 16.1. The van der Waals surface area contributed by atoms with Crippen LogP contribution in [0.2, 0.25) is 0 Å². The van der Waals surface area contributed by atoms with Crippen molar-refractivity contribution in [3.8, 4) is 0 Å². The van der Waals surface area contributed by atoms with Crippen molar-refractivity contribution in [1.82, 2.24) is 30.1 Å². The van der Waals surface area contributed by atoms with Crippen LogP contribution in [0.5, 0.6) is 0 Å². The number of hydrogen-bond acceptors (Lipinski definition) is 5. The van der Waals surface area contributed by atoms with Crippen LogP contribution in [0.4, 0.5) is 0 Å². The second kappa shape index (κ2) is 6.17. The van der Waals surface area contributed by atoms with Crippen LogP contribution >= 0.6 is 0 Å². The molecule has 0 aliphatic carbocycles. The maximum atomic E-state index is 12.2. The molecule has 1 N–H and O–H groups in total. The van der Waals surface area contributed by atoms with Gasteiger partial charge in [-0.3, -0.25) is 9.48 Å². The summed E-state index contributed by atoms with van der Waals surface area (Å²) >= 11 is 0. The Morgan fingerprint density at radius 2 is 2.19 bits per heavy atom. The number of carbonyl (C=O) groups excluding carboxylic acids is 1. The largest absolute Gasteiger partial charge is 0.317 e. The lowest BCUT2D eigenvalue weighted by Gasteiger charge is -2.22. The summed E-state index contributed by atoms with van der Waals surface area (Å²) in [5, 5.41) is 15.6. The number of nitrogens with zero attached hydrogens (tertiary/aromatic N) is 5. The summed E-state index contributed by atoms with van der Waals surface area (Å²) in [6, 6.07) is 0.350. The third kappa shape index (κ3) is 3.18. The lowest BCUT2D eigenvalue weighted by Crippen LogP contribution is -2.29. The van der Waals surface area contributed by atoms with Crippen LogP contribution in [-0.4, -0.2) is 43.6 Å². The summed E-state index contributed by atoms with van der Waals surface area (Å²) in [6.45, 7) is 4.80. The average molecular weight is 288 g/mol. The number of piperidine rings is 1. The average Bonchev–Trinajstić information content (AvgIpc) is 3.17. The summed E-state index contributed by atoms with van der Waals surface area (Å²) < 4.78 is 3.65. The van der Waals surface area contributed by atoms with Gasteiger partial charge in [0.05, 0.1) is 18.4 Å².